The van der Waals surface area contributed by atoms with Crippen LogP contribution in [0, 0.1) is 13.8 Å². The summed E-state index contributed by atoms with van der Waals surface area (Å²) in [6.45, 7) is 4.24. The van der Waals surface area contributed by atoms with Crippen LogP contribution in [0.5, 0.6) is 0 Å². The molecule has 2 aromatic carbocycles. The van der Waals surface area contributed by atoms with E-state index < -0.39 is 15.3 Å². The molecule has 2 rings (SSSR count). The number of hydrogen-bond donors (Lipinski definition) is 0. The van der Waals surface area contributed by atoms with E-state index >= 15 is 0 Å². The minimum Gasteiger partial charge on any atom is -0.214 e. The number of aryl methyl sites for hydroxylation is 2. The molecule has 0 unspecified atom stereocenters. The first kappa shape index (κ1) is 15.9. The molecule has 0 radical (unpaired) electrons. The van der Waals surface area contributed by atoms with Gasteiger partial charge in [0, 0.05) is 0 Å². The van der Waals surface area contributed by atoms with Crippen LogP contribution in [-0.4, -0.2) is 4.82 Å². The third-order valence-corrected chi connectivity index (χ3v) is 1.87. The summed E-state index contributed by atoms with van der Waals surface area (Å²) in [7, 11) is 10.2. The molecule has 0 aliphatic heterocycles. The fourth-order valence-electron chi connectivity index (χ4n) is 0.920. The summed E-state index contributed by atoms with van der Waals surface area (Å²) >= 11 is -1.64. The van der Waals surface area contributed by atoms with Gasteiger partial charge in [0.05, 0.1) is 0 Å². The van der Waals surface area contributed by atoms with E-state index in [1.54, 1.807) is 0 Å². The Bertz CT molecular complexity index is 337. The first-order valence-corrected chi connectivity index (χ1v) is 10.3. The minimum atomic E-state index is -1.64. The van der Waals surface area contributed by atoms with Crippen molar-refractivity contribution in [3.8, 4) is 0 Å². The summed E-state index contributed by atoms with van der Waals surface area (Å²) in [6.07, 6.45) is 0. The van der Waals surface area contributed by atoms with Crippen molar-refractivity contribution >= 4 is 23.4 Å². The van der Waals surface area contributed by atoms with Crippen LogP contribution in [0.25, 0.3) is 0 Å². The Morgan fingerprint density at radius 1 is 1.00 bits per heavy atom. The van der Waals surface area contributed by atoms with Crippen molar-refractivity contribution in [1.82, 2.24) is 0 Å². The van der Waals surface area contributed by atoms with Crippen LogP contribution in [0.15, 0.2) is 48.5 Å². The van der Waals surface area contributed by atoms with E-state index in [0.29, 0.717) is 0 Å². The molecule has 0 saturated carbocycles. The maximum absolute atomic E-state index is 5.10. The van der Waals surface area contributed by atoms with Gasteiger partial charge in [0.15, 0.2) is 0 Å². The Balaban J connectivity index is 0.000000222. The molecule has 0 spiro atoms. The Hall–Kier alpha value is -0.136. The summed E-state index contributed by atoms with van der Waals surface area (Å²) in [5.74, 6) is 0. The molecule has 0 amide bonds. The molecule has 3 heteroatoms. The summed E-state index contributed by atoms with van der Waals surface area (Å²) in [4.78, 5) is 3.34. The van der Waals surface area contributed by atoms with Crippen LogP contribution in [-0.2, 0) is 15.3 Å². The van der Waals surface area contributed by atoms with Crippen molar-refractivity contribution in [2.24, 2.45) is 0 Å². The van der Waals surface area contributed by atoms with E-state index in [4.69, 9.17) is 18.6 Å². The fourth-order valence-corrected chi connectivity index (χ4v) is 0.920. The molecule has 0 heterocycles. The Labute approximate surface area is 112 Å². The maximum atomic E-state index is 5.10. The van der Waals surface area contributed by atoms with Gasteiger partial charge in [-0.3, -0.25) is 0 Å². The summed E-state index contributed by atoms with van der Waals surface area (Å²) in [5.41, 5.74) is 2.78. The predicted octanol–water partition coefficient (Wildman–Crippen LogP) is 4.77. The summed E-state index contributed by atoms with van der Waals surface area (Å²) in [5, 5.41) is 0. The van der Waals surface area contributed by atoms with Crippen molar-refractivity contribution in [2.45, 2.75) is 13.8 Å². The van der Waals surface area contributed by atoms with Gasteiger partial charge < -0.3 is 0 Å². The second kappa shape index (κ2) is 10.0. The van der Waals surface area contributed by atoms with E-state index in [9.17, 15) is 0 Å². The molecule has 0 aliphatic carbocycles. The van der Waals surface area contributed by atoms with E-state index in [-0.39, 0.29) is 0 Å². The van der Waals surface area contributed by atoms with Crippen molar-refractivity contribution < 1.29 is 15.3 Å². The van der Waals surface area contributed by atoms with Gasteiger partial charge in [0.2, 0.25) is 0 Å². The fraction of sp³-hybridized carbons (Fsp3) is 0.154. The van der Waals surface area contributed by atoms with Crippen molar-refractivity contribution in [3.05, 3.63) is 59.7 Å². The van der Waals surface area contributed by atoms with Crippen LogP contribution in [0.3, 0.4) is 0 Å². The normalized spacial score (nSPS) is 8.25. The topological polar surface area (TPSA) is 0 Å². The molecule has 0 aliphatic rings. The maximum Gasteiger partial charge on any atom is -0.172 e. The molecule has 0 fully saturated rings. The Morgan fingerprint density at radius 2 is 1.38 bits per heavy atom. The Kier molecular flexibility index (Phi) is 9.96. The molecule has 0 nitrogen and oxygen atoms in total. The SMILES string of the molecule is Cc1c[cH-]cc1C.[CH2]=[Ti]([Cl])[Cl].c1cc[cH-]c1. The molecule has 0 bridgehead atoms. The summed E-state index contributed by atoms with van der Waals surface area (Å²) in [6, 6.07) is 16.3. The Morgan fingerprint density at radius 3 is 1.50 bits per heavy atom. The monoisotopic (exact) mass is 290 g/mol. The van der Waals surface area contributed by atoms with Crippen molar-refractivity contribution in [1.29, 1.82) is 0 Å². The van der Waals surface area contributed by atoms with Crippen LogP contribution >= 0.6 is 18.6 Å². The predicted molar refractivity (Wildman–Crippen MR) is 72.4 cm³/mol. The van der Waals surface area contributed by atoms with Gasteiger partial charge in [-0.1, -0.05) is 13.8 Å². The molecular weight excluding hydrogens is 275 g/mol. The standard InChI is InChI=1S/C7H9.C5H5.CH2.2ClH.Ti/c1-6-4-3-5-7(6)2;1-2-4-5-3-1;;;;/h3-5H,1-2H3;1-5H;1H2;2*1H;/q2*-1;;;;+2/p-2. The molecule has 0 saturated heterocycles. The molecule has 2 aromatic rings. The van der Waals surface area contributed by atoms with Gasteiger partial charge in [-0.2, -0.15) is 47.5 Å². The largest absolute Gasteiger partial charge is 0.214 e. The van der Waals surface area contributed by atoms with Crippen LogP contribution in [0.4, 0.5) is 0 Å². The van der Waals surface area contributed by atoms with Gasteiger partial charge in [0.25, 0.3) is 0 Å². The van der Waals surface area contributed by atoms with Crippen LogP contribution < -0.4 is 0 Å². The third-order valence-electron chi connectivity index (χ3n) is 1.87. The molecule has 88 valence electrons. The second-order valence-electron chi connectivity index (χ2n) is 3.19. The number of rotatable bonds is 0. The quantitative estimate of drug-likeness (QED) is 0.484. The van der Waals surface area contributed by atoms with Gasteiger partial charge in [-0.15, -0.1) is 0 Å². The third kappa shape index (κ3) is 10.4. The average molecular weight is 291 g/mol. The van der Waals surface area contributed by atoms with Crippen LogP contribution in [0.1, 0.15) is 11.1 Å². The van der Waals surface area contributed by atoms with Gasteiger partial charge in [-0.05, 0) is 0 Å². The molecule has 0 aromatic heterocycles. The van der Waals surface area contributed by atoms with E-state index in [0.717, 1.165) is 0 Å². The van der Waals surface area contributed by atoms with E-state index in [1.165, 1.54) is 11.1 Å². The van der Waals surface area contributed by atoms with E-state index in [2.05, 4.69) is 36.9 Å². The zero-order valence-corrected chi connectivity index (χ0v) is 12.7. The molecule has 0 N–H and O–H groups in total. The average Bonchev–Trinajstić information content (AvgIpc) is 2.81. The minimum absolute atomic E-state index is 1.39. The van der Waals surface area contributed by atoms with Crippen molar-refractivity contribution in [3.63, 3.8) is 0 Å². The molecule has 0 atom stereocenters. The van der Waals surface area contributed by atoms with E-state index in [1.807, 2.05) is 30.3 Å². The first-order chi connectivity index (χ1) is 7.54. The first-order valence-electron chi connectivity index (χ1n) is 4.89. The van der Waals surface area contributed by atoms with Crippen molar-refractivity contribution in [2.75, 3.05) is 0 Å². The smallest absolute Gasteiger partial charge is 0.172 e. The zero-order valence-electron chi connectivity index (χ0n) is 9.58. The van der Waals surface area contributed by atoms with Gasteiger partial charge >= 0.3 is 38.7 Å². The summed E-state index contributed by atoms with van der Waals surface area (Å²) < 4.78 is 0. The van der Waals surface area contributed by atoms with Gasteiger partial charge in [0.1, 0.15) is 0 Å². The molecule has 16 heavy (non-hydrogen) atoms. The number of halogens is 2. The zero-order chi connectivity index (χ0) is 12.4. The van der Waals surface area contributed by atoms with Gasteiger partial charge in [-0.25, -0.2) is 12.1 Å². The second-order valence-corrected chi connectivity index (χ2v) is 8.81. The van der Waals surface area contributed by atoms with Crippen LogP contribution in [0.2, 0.25) is 0 Å². The molecular formula is C13H16Cl2Ti-2. The number of hydrogen-bond acceptors (Lipinski definition) is 0.